The van der Waals surface area contributed by atoms with Crippen LogP contribution in [0.3, 0.4) is 0 Å². The predicted molar refractivity (Wildman–Crippen MR) is 66.5 cm³/mol. The van der Waals surface area contributed by atoms with E-state index in [9.17, 15) is 4.79 Å². The van der Waals surface area contributed by atoms with Gasteiger partial charge in [-0.2, -0.15) is 0 Å². The van der Waals surface area contributed by atoms with Gasteiger partial charge >= 0.3 is 0 Å². The van der Waals surface area contributed by atoms with Crippen LogP contribution < -0.4 is 10.6 Å². The van der Waals surface area contributed by atoms with Crippen molar-refractivity contribution in [1.29, 1.82) is 0 Å². The molecule has 0 saturated carbocycles. The maximum absolute atomic E-state index is 11.4. The Kier molecular flexibility index (Phi) is 5.42. The second-order valence-electron chi connectivity index (χ2n) is 4.00. The Bertz CT molecular complexity index is 336. The minimum absolute atomic E-state index is 0.0704. The van der Waals surface area contributed by atoms with Crippen LogP contribution in [0.1, 0.15) is 30.2 Å². The molecule has 1 amide bonds. The zero-order chi connectivity index (χ0) is 12.0. The minimum atomic E-state index is 0.0704. The Morgan fingerprint density at radius 2 is 2.31 bits per heavy atom. The van der Waals surface area contributed by atoms with Crippen LogP contribution in [0.2, 0.25) is 0 Å². The van der Waals surface area contributed by atoms with Gasteiger partial charge in [0.05, 0.1) is 6.54 Å². The van der Waals surface area contributed by atoms with Crippen molar-refractivity contribution >= 4 is 17.2 Å². The van der Waals surface area contributed by atoms with Crippen molar-refractivity contribution < 1.29 is 4.79 Å². The van der Waals surface area contributed by atoms with Crippen LogP contribution in [-0.2, 0) is 11.3 Å². The Morgan fingerprint density at radius 1 is 1.56 bits per heavy atom. The van der Waals surface area contributed by atoms with Crippen LogP contribution in [0.25, 0.3) is 0 Å². The molecule has 1 aromatic heterocycles. The topological polar surface area (TPSA) is 54.0 Å². The average Bonchev–Trinajstić information content (AvgIpc) is 2.61. The van der Waals surface area contributed by atoms with E-state index in [0.717, 1.165) is 11.6 Å². The number of aromatic nitrogens is 1. The highest BCUT2D eigenvalue weighted by Gasteiger charge is 2.03. The molecule has 0 aliphatic carbocycles. The summed E-state index contributed by atoms with van der Waals surface area (Å²) >= 11 is 1.62. The lowest BCUT2D eigenvalue weighted by Crippen LogP contribution is -2.30. The second-order valence-corrected chi connectivity index (χ2v) is 5.32. The SMILES string of the molecule is Cc1cnc(CNC(=O)CCNC(C)C)s1. The van der Waals surface area contributed by atoms with Crippen LogP contribution in [0.15, 0.2) is 6.20 Å². The highest BCUT2D eigenvalue weighted by molar-refractivity contribution is 7.11. The van der Waals surface area contributed by atoms with Crippen molar-refractivity contribution in [2.24, 2.45) is 0 Å². The van der Waals surface area contributed by atoms with Crippen LogP contribution in [0.5, 0.6) is 0 Å². The van der Waals surface area contributed by atoms with Crippen molar-refractivity contribution in [2.75, 3.05) is 6.54 Å². The van der Waals surface area contributed by atoms with E-state index in [4.69, 9.17) is 0 Å². The first-order chi connectivity index (χ1) is 7.58. The van der Waals surface area contributed by atoms with Gasteiger partial charge in [-0.25, -0.2) is 4.98 Å². The molecule has 4 nitrogen and oxygen atoms in total. The monoisotopic (exact) mass is 241 g/mol. The van der Waals surface area contributed by atoms with Gasteiger partial charge in [0.25, 0.3) is 0 Å². The summed E-state index contributed by atoms with van der Waals surface area (Å²) in [6.45, 7) is 7.40. The van der Waals surface area contributed by atoms with Gasteiger partial charge in [-0.3, -0.25) is 4.79 Å². The number of nitrogens with one attached hydrogen (secondary N) is 2. The highest BCUT2D eigenvalue weighted by Crippen LogP contribution is 2.10. The fourth-order valence-electron chi connectivity index (χ4n) is 1.22. The smallest absolute Gasteiger partial charge is 0.221 e. The van der Waals surface area contributed by atoms with Crippen molar-refractivity contribution in [3.8, 4) is 0 Å². The number of amides is 1. The first-order valence-electron chi connectivity index (χ1n) is 5.49. The van der Waals surface area contributed by atoms with Crippen LogP contribution in [-0.4, -0.2) is 23.5 Å². The molecule has 1 aromatic rings. The molecule has 16 heavy (non-hydrogen) atoms. The van der Waals surface area contributed by atoms with Gasteiger partial charge in [0, 0.05) is 30.1 Å². The lowest BCUT2D eigenvalue weighted by Gasteiger charge is -2.07. The zero-order valence-electron chi connectivity index (χ0n) is 10.0. The van der Waals surface area contributed by atoms with E-state index in [1.807, 2.05) is 13.1 Å². The first kappa shape index (κ1) is 13.1. The number of nitrogens with zero attached hydrogens (tertiary/aromatic N) is 1. The number of carbonyl (C=O) groups is 1. The van der Waals surface area contributed by atoms with E-state index >= 15 is 0 Å². The molecule has 0 aliphatic heterocycles. The molecule has 0 aromatic carbocycles. The van der Waals surface area contributed by atoms with E-state index in [1.165, 1.54) is 4.88 Å². The molecule has 0 unspecified atom stereocenters. The van der Waals surface area contributed by atoms with E-state index in [1.54, 1.807) is 11.3 Å². The van der Waals surface area contributed by atoms with Gasteiger partial charge in [0.1, 0.15) is 5.01 Å². The molecule has 0 radical (unpaired) electrons. The van der Waals surface area contributed by atoms with Gasteiger partial charge in [-0.1, -0.05) is 13.8 Å². The number of rotatable bonds is 6. The number of carbonyl (C=O) groups excluding carboxylic acids is 1. The van der Waals surface area contributed by atoms with E-state index in [-0.39, 0.29) is 5.91 Å². The van der Waals surface area contributed by atoms with Gasteiger partial charge in [0.2, 0.25) is 5.91 Å². The zero-order valence-corrected chi connectivity index (χ0v) is 10.9. The van der Waals surface area contributed by atoms with Crippen molar-refractivity contribution in [3.05, 3.63) is 16.1 Å². The first-order valence-corrected chi connectivity index (χ1v) is 6.31. The van der Waals surface area contributed by atoms with E-state index in [2.05, 4.69) is 29.5 Å². The Hall–Kier alpha value is -0.940. The Balaban J connectivity index is 2.15. The molecule has 0 bridgehead atoms. The van der Waals surface area contributed by atoms with Crippen molar-refractivity contribution in [3.63, 3.8) is 0 Å². The molecule has 0 aliphatic rings. The maximum Gasteiger partial charge on any atom is 0.221 e. The summed E-state index contributed by atoms with van der Waals surface area (Å²) in [6, 6.07) is 0.425. The van der Waals surface area contributed by atoms with E-state index in [0.29, 0.717) is 19.0 Å². The summed E-state index contributed by atoms with van der Waals surface area (Å²) in [7, 11) is 0. The summed E-state index contributed by atoms with van der Waals surface area (Å²) in [5.74, 6) is 0.0704. The van der Waals surface area contributed by atoms with Gasteiger partial charge in [-0.05, 0) is 6.92 Å². The standard InChI is InChI=1S/C11H19N3OS/c1-8(2)12-5-4-10(15)13-7-11-14-6-9(3)16-11/h6,8,12H,4-5,7H2,1-3H3,(H,13,15). The van der Waals surface area contributed by atoms with Crippen molar-refractivity contribution in [1.82, 2.24) is 15.6 Å². The lowest BCUT2D eigenvalue weighted by atomic mass is 10.3. The molecular weight excluding hydrogens is 222 g/mol. The molecule has 0 atom stereocenters. The third-order valence-electron chi connectivity index (χ3n) is 2.01. The fraction of sp³-hybridized carbons (Fsp3) is 0.636. The molecule has 90 valence electrons. The molecule has 0 spiro atoms. The number of aryl methyl sites for hydroxylation is 1. The summed E-state index contributed by atoms with van der Waals surface area (Å²) in [5.41, 5.74) is 0. The minimum Gasteiger partial charge on any atom is -0.350 e. The largest absolute Gasteiger partial charge is 0.350 e. The summed E-state index contributed by atoms with van der Waals surface area (Å²) in [4.78, 5) is 16.8. The summed E-state index contributed by atoms with van der Waals surface area (Å²) < 4.78 is 0. The average molecular weight is 241 g/mol. The fourth-order valence-corrected chi connectivity index (χ4v) is 1.95. The highest BCUT2D eigenvalue weighted by atomic mass is 32.1. The molecule has 1 rings (SSSR count). The molecular formula is C11H19N3OS. The Morgan fingerprint density at radius 3 is 2.88 bits per heavy atom. The molecule has 0 saturated heterocycles. The van der Waals surface area contributed by atoms with Crippen molar-refractivity contribution in [2.45, 2.75) is 39.8 Å². The third-order valence-corrected chi connectivity index (χ3v) is 2.92. The third kappa shape index (κ3) is 5.23. The lowest BCUT2D eigenvalue weighted by molar-refractivity contribution is -0.121. The maximum atomic E-state index is 11.4. The normalized spacial score (nSPS) is 10.8. The quantitative estimate of drug-likeness (QED) is 0.792. The van der Waals surface area contributed by atoms with Crippen LogP contribution >= 0.6 is 11.3 Å². The van der Waals surface area contributed by atoms with Gasteiger partial charge < -0.3 is 10.6 Å². The van der Waals surface area contributed by atoms with Gasteiger partial charge in [-0.15, -0.1) is 11.3 Å². The molecule has 5 heteroatoms. The van der Waals surface area contributed by atoms with Crippen LogP contribution in [0.4, 0.5) is 0 Å². The summed E-state index contributed by atoms with van der Waals surface area (Å²) in [6.07, 6.45) is 2.34. The molecule has 0 fully saturated rings. The van der Waals surface area contributed by atoms with Gasteiger partial charge in [0.15, 0.2) is 0 Å². The molecule has 1 heterocycles. The number of thiazole rings is 1. The number of hydrogen-bond acceptors (Lipinski definition) is 4. The summed E-state index contributed by atoms with van der Waals surface area (Å²) in [5, 5.41) is 7.02. The molecule has 2 N–H and O–H groups in total. The Labute approximate surface area is 100 Å². The predicted octanol–water partition coefficient (Wildman–Crippen LogP) is 1.46. The van der Waals surface area contributed by atoms with Crippen LogP contribution in [0, 0.1) is 6.92 Å². The second kappa shape index (κ2) is 6.60. The number of hydrogen-bond donors (Lipinski definition) is 2. The van der Waals surface area contributed by atoms with E-state index < -0.39 is 0 Å².